The number of aromatic nitrogens is 2. The summed E-state index contributed by atoms with van der Waals surface area (Å²) in [5.41, 5.74) is -0.581. The quantitative estimate of drug-likeness (QED) is 0.560. The number of hydrogen-bond acceptors (Lipinski definition) is 5. The molecule has 144 valence electrons. The smallest absolute Gasteiger partial charge is 0.262 e. The van der Waals surface area contributed by atoms with Crippen molar-refractivity contribution in [3.05, 3.63) is 33.6 Å². The zero-order valence-electron chi connectivity index (χ0n) is 15.9. The van der Waals surface area contributed by atoms with Gasteiger partial charge in [-0.3, -0.25) is 14.2 Å². The van der Waals surface area contributed by atoms with E-state index in [-0.39, 0.29) is 23.1 Å². The molecular formula is C19H23ClN4O2S. The number of halogens is 1. The summed E-state index contributed by atoms with van der Waals surface area (Å²) in [5.74, 6) is -0.247. The van der Waals surface area contributed by atoms with E-state index in [0.29, 0.717) is 27.6 Å². The standard InChI is InChI=1S/C19H23ClN4O2S/c1-5-8-24-17(26)14-7-6-13(20)9-15(14)22-18(24)27-10-16(25)23-19(4,11-21)12(2)3/h6-7,9,12H,5,8,10H2,1-4H3,(H,23,25)/t19-/m1/s1. The zero-order valence-corrected chi connectivity index (χ0v) is 17.4. The summed E-state index contributed by atoms with van der Waals surface area (Å²) in [6.07, 6.45) is 0.764. The summed E-state index contributed by atoms with van der Waals surface area (Å²) < 4.78 is 1.58. The van der Waals surface area contributed by atoms with Crippen LogP contribution in [0.5, 0.6) is 0 Å². The average molecular weight is 407 g/mol. The minimum Gasteiger partial charge on any atom is -0.337 e. The van der Waals surface area contributed by atoms with Crippen molar-refractivity contribution in [2.75, 3.05) is 5.75 Å². The maximum Gasteiger partial charge on any atom is 0.262 e. The molecule has 0 aliphatic heterocycles. The van der Waals surface area contributed by atoms with E-state index in [1.165, 1.54) is 11.8 Å². The van der Waals surface area contributed by atoms with E-state index in [1.807, 2.05) is 20.8 Å². The van der Waals surface area contributed by atoms with Crippen molar-refractivity contribution < 1.29 is 4.79 Å². The molecule has 0 saturated carbocycles. The lowest BCUT2D eigenvalue weighted by Gasteiger charge is -2.27. The van der Waals surface area contributed by atoms with Crippen molar-refractivity contribution >= 4 is 40.2 Å². The second kappa shape index (κ2) is 8.77. The first-order valence-electron chi connectivity index (χ1n) is 8.77. The minimum absolute atomic E-state index is 0.0318. The van der Waals surface area contributed by atoms with E-state index >= 15 is 0 Å². The van der Waals surface area contributed by atoms with Gasteiger partial charge in [0.05, 0.1) is 22.7 Å². The van der Waals surface area contributed by atoms with Gasteiger partial charge < -0.3 is 5.32 Å². The normalized spacial score (nSPS) is 13.4. The lowest BCUT2D eigenvalue weighted by molar-refractivity contribution is -0.120. The second-order valence-corrected chi connectivity index (χ2v) is 8.20. The monoisotopic (exact) mass is 406 g/mol. The van der Waals surface area contributed by atoms with Crippen molar-refractivity contribution in [1.82, 2.24) is 14.9 Å². The predicted octanol–water partition coefficient (Wildman–Crippen LogP) is 3.61. The number of thioether (sulfide) groups is 1. The molecule has 8 heteroatoms. The highest BCUT2D eigenvalue weighted by Gasteiger charge is 2.30. The Morgan fingerprint density at radius 2 is 2.19 bits per heavy atom. The van der Waals surface area contributed by atoms with Crippen LogP contribution in [0.3, 0.4) is 0 Å². The number of nitrogens with one attached hydrogen (secondary N) is 1. The van der Waals surface area contributed by atoms with Gasteiger partial charge >= 0.3 is 0 Å². The van der Waals surface area contributed by atoms with Crippen LogP contribution in [0.4, 0.5) is 0 Å². The number of hydrogen-bond donors (Lipinski definition) is 1. The van der Waals surface area contributed by atoms with Crippen molar-refractivity contribution in [1.29, 1.82) is 5.26 Å². The molecule has 1 amide bonds. The molecule has 0 bridgehead atoms. The summed E-state index contributed by atoms with van der Waals surface area (Å²) in [7, 11) is 0. The van der Waals surface area contributed by atoms with Gasteiger partial charge in [0.2, 0.25) is 5.91 Å². The maximum atomic E-state index is 12.8. The Balaban J connectivity index is 2.30. The van der Waals surface area contributed by atoms with E-state index in [0.717, 1.165) is 6.42 Å². The van der Waals surface area contributed by atoms with Crippen LogP contribution in [0.2, 0.25) is 5.02 Å². The molecule has 27 heavy (non-hydrogen) atoms. The largest absolute Gasteiger partial charge is 0.337 e. The fraction of sp³-hybridized carbons (Fsp3) is 0.474. The second-order valence-electron chi connectivity index (χ2n) is 6.82. The molecule has 0 saturated heterocycles. The lowest BCUT2D eigenvalue weighted by atomic mass is 9.90. The van der Waals surface area contributed by atoms with Gasteiger partial charge in [-0.05, 0) is 37.5 Å². The summed E-state index contributed by atoms with van der Waals surface area (Å²) in [5, 5.41) is 13.6. The number of carbonyl (C=O) groups excluding carboxylic acids is 1. The molecule has 2 rings (SSSR count). The van der Waals surface area contributed by atoms with Gasteiger partial charge in [0, 0.05) is 11.6 Å². The minimum atomic E-state index is -0.939. The molecule has 0 fully saturated rings. The van der Waals surface area contributed by atoms with E-state index in [9.17, 15) is 14.9 Å². The van der Waals surface area contributed by atoms with Crippen LogP contribution in [0, 0.1) is 17.2 Å². The molecule has 1 heterocycles. The lowest BCUT2D eigenvalue weighted by Crippen LogP contribution is -2.49. The van der Waals surface area contributed by atoms with Crippen molar-refractivity contribution in [2.24, 2.45) is 5.92 Å². The Hall–Kier alpha value is -2.04. The van der Waals surface area contributed by atoms with Crippen LogP contribution in [-0.4, -0.2) is 26.8 Å². The molecule has 1 aromatic heterocycles. The molecule has 0 radical (unpaired) electrons. The summed E-state index contributed by atoms with van der Waals surface area (Å²) in [6.45, 7) is 7.94. The summed E-state index contributed by atoms with van der Waals surface area (Å²) in [6, 6.07) is 7.13. The van der Waals surface area contributed by atoms with Crippen molar-refractivity contribution in [2.45, 2.75) is 51.4 Å². The Morgan fingerprint density at radius 3 is 2.78 bits per heavy atom. The third-order valence-electron chi connectivity index (χ3n) is 4.45. The molecule has 2 aromatic rings. The van der Waals surface area contributed by atoms with Crippen LogP contribution < -0.4 is 10.9 Å². The Labute approximate surface area is 167 Å². The summed E-state index contributed by atoms with van der Waals surface area (Å²) >= 11 is 7.20. The van der Waals surface area contributed by atoms with E-state index in [4.69, 9.17) is 11.6 Å². The van der Waals surface area contributed by atoms with Gasteiger partial charge in [-0.15, -0.1) is 0 Å². The molecular weight excluding hydrogens is 384 g/mol. The first-order valence-corrected chi connectivity index (χ1v) is 10.1. The number of fused-ring (bicyclic) bond motifs is 1. The molecule has 1 atom stereocenters. The summed E-state index contributed by atoms with van der Waals surface area (Å²) in [4.78, 5) is 29.7. The number of carbonyl (C=O) groups is 1. The molecule has 0 unspecified atom stereocenters. The Bertz CT molecular complexity index is 951. The fourth-order valence-corrected chi connectivity index (χ4v) is 3.45. The van der Waals surface area contributed by atoms with Gasteiger partial charge in [0.1, 0.15) is 5.54 Å². The van der Waals surface area contributed by atoms with Gasteiger partial charge in [0.25, 0.3) is 5.56 Å². The molecule has 0 aliphatic carbocycles. The number of nitrogens with zero attached hydrogens (tertiary/aromatic N) is 3. The first-order chi connectivity index (χ1) is 12.7. The molecule has 1 aromatic carbocycles. The number of amides is 1. The van der Waals surface area contributed by atoms with Gasteiger partial charge in [-0.2, -0.15) is 5.26 Å². The highest BCUT2D eigenvalue weighted by atomic mass is 35.5. The first kappa shape index (κ1) is 21.3. The van der Waals surface area contributed by atoms with E-state index < -0.39 is 5.54 Å². The van der Waals surface area contributed by atoms with E-state index in [1.54, 1.807) is 29.7 Å². The van der Waals surface area contributed by atoms with Gasteiger partial charge in [-0.1, -0.05) is 44.1 Å². The van der Waals surface area contributed by atoms with Crippen molar-refractivity contribution in [3.8, 4) is 6.07 Å². The van der Waals surface area contributed by atoms with Crippen LogP contribution in [0.1, 0.15) is 34.1 Å². The third-order valence-corrected chi connectivity index (χ3v) is 5.66. The number of rotatable bonds is 7. The number of nitriles is 1. The van der Waals surface area contributed by atoms with Crippen LogP contribution in [0.15, 0.2) is 28.2 Å². The highest BCUT2D eigenvalue weighted by molar-refractivity contribution is 7.99. The number of benzene rings is 1. The highest BCUT2D eigenvalue weighted by Crippen LogP contribution is 2.21. The topological polar surface area (TPSA) is 87.8 Å². The molecule has 6 nitrogen and oxygen atoms in total. The van der Waals surface area contributed by atoms with Crippen molar-refractivity contribution in [3.63, 3.8) is 0 Å². The molecule has 0 spiro atoms. The van der Waals surface area contributed by atoms with Crippen LogP contribution >= 0.6 is 23.4 Å². The van der Waals surface area contributed by atoms with E-state index in [2.05, 4.69) is 16.4 Å². The maximum absolute atomic E-state index is 12.8. The third kappa shape index (κ3) is 4.82. The van der Waals surface area contributed by atoms with Gasteiger partial charge in [0.15, 0.2) is 5.16 Å². The van der Waals surface area contributed by atoms with Crippen LogP contribution in [-0.2, 0) is 11.3 Å². The van der Waals surface area contributed by atoms with Gasteiger partial charge in [-0.25, -0.2) is 4.98 Å². The average Bonchev–Trinajstić information content (AvgIpc) is 2.62. The SMILES string of the molecule is CCCn1c(SCC(=O)N[C@](C)(C#N)C(C)C)nc2cc(Cl)ccc2c1=O. The van der Waals surface area contributed by atoms with Crippen LogP contribution in [0.25, 0.3) is 10.9 Å². The Kier molecular flexibility index (Phi) is 6.90. The Morgan fingerprint density at radius 1 is 1.48 bits per heavy atom. The predicted molar refractivity (Wildman–Crippen MR) is 109 cm³/mol. The molecule has 0 aliphatic rings. The molecule has 1 N–H and O–H groups in total. The zero-order chi connectivity index (χ0) is 20.2. The fourth-order valence-electron chi connectivity index (χ4n) is 2.46.